The predicted octanol–water partition coefficient (Wildman–Crippen LogP) is 2.11. The van der Waals surface area contributed by atoms with E-state index >= 15 is 0 Å². The lowest BCUT2D eigenvalue weighted by atomic mass is 10.2. The predicted molar refractivity (Wildman–Crippen MR) is 83.7 cm³/mol. The molecule has 1 atom stereocenters. The summed E-state index contributed by atoms with van der Waals surface area (Å²) >= 11 is 0. The van der Waals surface area contributed by atoms with E-state index in [1.165, 1.54) is 32.4 Å². The van der Waals surface area contributed by atoms with Gasteiger partial charge in [0.25, 0.3) is 5.89 Å². The van der Waals surface area contributed by atoms with Crippen LogP contribution in [0.15, 0.2) is 22.9 Å². The van der Waals surface area contributed by atoms with Crippen molar-refractivity contribution < 1.29 is 4.52 Å². The summed E-state index contributed by atoms with van der Waals surface area (Å²) < 4.78 is 5.34. The Morgan fingerprint density at radius 3 is 2.86 bits per heavy atom. The number of pyridine rings is 1. The molecule has 4 heterocycles. The first-order valence-electron chi connectivity index (χ1n) is 8.06. The van der Waals surface area contributed by atoms with Crippen molar-refractivity contribution in [2.24, 2.45) is 0 Å². The minimum atomic E-state index is 0.560. The molecular weight excluding hydrogens is 278 g/mol. The van der Waals surface area contributed by atoms with Crippen molar-refractivity contribution in [3.05, 3.63) is 24.2 Å². The molecule has 0 aromatic carbocycles. The lowest BCUT2D eigenvalue weighted by Crippen LogP contribution is -2.35. The Labute approximate surface area is 130 Å². The smallest absolute Gasteiger partial charge is 0.261 e. The molecule has 2 aromatic heterocycles. The monoisotopic (exact) mass is 299 g/mol. The van der Waals surface area contributed by atoms with E-state index in [-0.39, 0.29) is 0 Å². The fourth-order valence-corrected chi connectivity index (χ4v) is 3.56. The van der Waals surface area contributed by atoms with E-state index in [1.807, 2.05) is 25.3 Å². The maximum atomic E-state index is 5.34. The summed E-state index contributed by atoms with van der Waals surface area (Å²) in [5.41, 5.74) is 0.935. The minimum absolute atomic E-state index is 0.560. The lowest BCUT2D eigenvalue weighted by Gasteiger charge is -2.24. The minimum Gasteiger partial charge on any atom is -0.354 e. The number of anilines is 1. The van der Waals surface area contributed by atoms with Crippen LogP contribution >= 0.6 is 0 Å². The summed E-state index contributed by atoms with van der Waals surface area (Å²) in [7, 11) is 0. The molecule has 6 heteroatoms. The molecule has 116 valence electrons. The molecular formula is C16H21N5O. The topological polar surface area (TPSA) is 58.3 Å². The van der Waals surface area contributed by atoms with Gasteiger partial charge in [-0.3, -0.25) is 4.90 Å². The molecule has 0 bridgehead atoms. The van der Waals surface area contributed by atoms with Gasteiger partial charge in [-0.15, -0.1) is 0 Å². The third-order valence-electron chi connectivity index (χ3n) is 4.66. The first kappa shape index (κ1) is 13.7. The van der Waals surface area contributed by atoms with Crippen LogP contribution in [0.5, 0.6) is 0 Å². The lowest BCUT2D eigenvalue weighted by molar-refractivity contribution is 0.260. The molecule has 0 N–H and O–H groups in total. The number of nitrogens with zero attached hydrogens (tertiary/aromatic N) is 5. The van der Waals surface area contributed by atoms with Crippen LogP contribution in [0, 0.1) is 6.92 Å². The van der Waals surface area contributed by atoms with Crippen LogP contribution in [0.4, 0.5) is 5.82 Å². The van der Waals surface area contributed by atoms with E-state index in [1.54, 1.807) is 0 Å². The molecule has 2 aliphatic heterocycles. The molecule has 0 saturated carbocycles. The summed E-state index contributed by atoms with van der Waals surface area (Å²) in [6.07, 6.45) is 5.73. The number of rotatable bonds is 3. The van der Waals surface area contributed by atoms with E-state index in [0.717, 1.165) is 24.5 Å². The fourth-order valence-electron chi connectivity index (χ4n) is 3.56. The normalized spacial score (nSPS) is 22.6. The van der Waals surface area contributed by atoms with E-state index in [9.17, 15) is 0 Å². The maximum absolute atomic E-state index is 5.34. The van der Waals surface area contributed by atoms with E-state index in [2.05, 4.69) is 24.9 Å². The van der Waals surface area contributed by atoms with Crippen molar-refractivity contribution in [3.8, 4) is 11.5 Å². The number of hydrogen-bond donors (Lipinski definition) is 0. The SMILES string of the molecule is Cc1noc(-c2cccnc2N2CCC(N3CCCC3)C2)n1. The third-order valence-corrected chi connectivity index (χ3v) is 4.66. The summed E-state index contributed by atoms with van der Waals surface area (Å²) in [5.74, 6) is 2.18. The quantitative estimate of drug-likeness (QED) is 0.865. The van der Waals surface area contributed by atoms with Crippen molar-refractivity contribution >= 4 is 5.82 Å². The molecule has 6 nitrogen and oxygen atoms in total. The second kappa shape index (κ2) is 5.68. The molecule has 0 amide bonds. The Balaban J connectivity index is 1.58. The van der Waals surface area contributed by atoms with Crippen LogP contribution in [0.2, 0.25) is 0 Å². The third kappa shape index (κ3) is 2.47. The number of aromatic nitrogens is 3. The summed E-state index contributed by atoms with van der Waals surface area (Å²) in [6, 6.07) is 4.59. The molecule has 2 saturated heterocycles. The molecule has 0 spiro atoms. The Morgan fingerprint density at radius 2 is 2.09 bits per heavy atom. The Bertz CT molecular complexity index is 649. The van der Waals surface area contributed by atoms with Crippen molar-refractivity contribution in [3.63, 3.8) is 0 Å². The summed E-state index contributed by atoms with van der Waals surface area (Å²) in [5, 5.41) is 3.90. The zero-order valence-corrected chi connectivity index (χ0v) is 12.9. The van der Waals surface area contributed by atoms with Gasteiger partial charge in [-0.1, -0.05) is 5.16 Å². The molecule has 0 radical (unpaired) electrons. The van der Waals surface area contributed by atoms with E-state index in [0.29, 0.717) is 17.8 Å². The fraction of sp³-hybridized carbons (Fsp3) is 0.562. The molecule has 4 rings (SSSR count). The highest BCUT2D eigenvalue weighted by atomic mass is 16.5. The van der Waals surface area contributed by atoms with Crippen LogP contribution in [-0.2, 0) is 0 Å². The zero-order valence-electron chi connectivity index (χ0n) is 12.9. The molecule has 2 fully saturated rings. The first-order valence-corrected chi connectivity index (χ1v) is 8.06. The number of hydrogen-bond acceptors (Lipinski definition) is 6. The molecule has 22 heavy (non-hydrogen) atoms. The van der Waals surface area contributed by atoms with Gasteiger partial charge in [-0.25, -0.2) is 4.98 Å². The van der Waals surface area contributed by atoms with Gasteiger partial charge in [0, 0.05) is 25.3 Å². The van der Waals surface area contributed by atoms with Gasteiger partial charge in [0.05, 0.1) is 5.56 Å². The first-order chi connectivity index (χ1) is 10.8. The molecule has 2 aliphatic rings. The highest BCUT2D eigenvalue weighted by molar-refractivity contribution is 5.70. The van der Waals surface area contributed by atoms with Gasteiger partial charge in [0.1, 0.15) is 5.82 Å². The average Bonchev–Trinajstić information content (AvgIpc) is 3.28. The van der Waals surface area contributed by atoms with Gasteiger partial charge >= 0.3 is 0 Å². The van der Waals surface area contributed by atoms with Gasteiger partial charge in [-0.05, 0) is 51.4 Å². The van der Waals surface area contributed by atoms with Crippen molar-refractivity contribution in [2.75, 3.05) is 31.1 Å². The molecule has 2 aromatic rings. The van der Waals surface area contributed by atoms with Crippen LogP contribution < -0.4 is 4.90 Å². The highest BCUT2D eigenvalue weighted by Crippen LogP contribution is 2.31. The van der Waals surface area contributed by atoms with Gasteiger partial charge in [-0.2, -0.15) is 4.98 Å². The Kier molecular flexibility index (Phi) is 3.54. The van der Waals surface area contributed by atoms with Crippen molar-refractivity contribution in [2.45, 2.75) is 32.2 Å². The highest BCUT2D eigenvalue weighted by Gasteiger charge is 2.31. The maximum Gasteiger partial charge on any atom is 0.261 e. The average molecular weight is 299 g/mol. The van der Waals surface area contributed by atoms with Gasteiger partial charge in [0.15, 0.2) is 5.82 Å². The van der Waals surface area contributed by atoms with Crippen LogP contribution in [-0.4, -0.2) is 52.2 Å². The summed E-state index contributed by atoms with van der Waals surface area (Å²) in [4.78, 5) is 13.9. The van der Waals surface area contributed by atoms with Crippen LogP contribution in [0.1, 0.15) is 25.1 Å². The van der Waals surface area contributed by atoms with E-state index < -0.39 is 0 Å². The second-order valence-corrected chi connectivity index (χ2v) is 6.15. The number of aryl methyl sites for hydroxylation is 1. The molecule has 1 unspecified atom stereocenters. The Hall–Kier alpha value is -1.95. The number of likely N-dealkylation sites (tertiary alicyclic amines) is 1. The second-order valence-electron chi connectivity index (χ2n) is 6.15. The zero-order chi connectivity index (χ0) is 14.9. The van der Waals surface area contributed by atoms with Gasteiger partial charge < -0.3 is 9.42 Å². The van der Waals surface area contributed by atoms with Gasteiger partial charge in [0.2, 0.25) is 0 Å². The van der Waals surface area contributed by atoms with Crippen LogP contribution in [0.3, 0.4) is 0 Å². The van der Waals surface area contributed by atoms with E-state index in [4.69, 9.17) is 4.52 Å². The standard InChI is InChI=1S/C16H21N5O/c1-12-18-16(22-19-12)14-5-4-7-17-15(14)21-10-6-13(11-21)20-8-2-3-9-20/h4-5,7,13H,2-3,6,8-11H2,1H3. The summed E-state index contributed by atoms with van der Waals surface area (Å²) in [6.45, 7) is 6.41. The molecule has 0 aliphatic carbocycles. The largest absolute Gasteiger partial charge is 0.354 e. The Morgan fingerprint density at radius 1 is 1.23 bits per heavy atom. The van der Waals surface area contributed by atoms with Crippen molar-refractivity contribution in [1.82, 2.24) is 20.0 Å². The van der Waals surface area contributed by atoms with Crippen LogP contribution in [0.25, 0.3) is 11.5 Å². The van der Waals surface area contributed by atoms with Crippen molar-refractivity contribution in [1.29, 1.82) is 0 Å².